The topological polar surface area (TPSA) is 68.0 Å². The van der Waals surface area contributed by atoms with Crippen molar-refractivity contribution in [3.05, 3.63) is 58.6 Å². The molecule has 0 fully saturated rings. The van der Waals surface area contributed by atoms with Crippen LogP contribution in [0.25, 0.3) is 10.1 Å². The van der Waals surface area contributed by atoms with Crippen molar-refractivity contribution < 1.29 is 4.79 Å². The molecule has 3 aromatic rings. The Balaban J connectivity index is 1.73. The number of hydrogen-bond donors (Lipinski definition) is 2. The number of nitrogens with two attached hydrogens (primary N) is 1. The van der Waals surface area contributed by atoms with Crippen molar-refractivity contribution in [3.63, 3.8) is 0 Å². The van der Waals surface area contributed by atoms with E-state index in [1.807, 2.05) is 24.3 Å². The highest BCUT2D eigenvalue weighted by Crippen LogP contribution is 2.26. The van der Waals surface area contributed by atoms with E-state index in [1.54, 1.807) is 18.2 Å². The normalized spacial score (nSPS) is 10.8. The van der Waals surface area contributed by atoms with Gasteiger partial charge in [0.1, 0.15) is 5.82 Å². The molecule has 1 amide bonds. The summed E-state index contributed by atoms with van der Waals surface area (Å²) in [5, 5.41) is 5.01. The number of primary amides is 1. The van der Waals surface area contributed by atoms with Gasteiger partial charge in [-0.2, -0.15) is 4.37 Å². The lowest BCUT2D eigenvalue weighted by atomic mass is 10.0. The molecular weight excluding hydrogens is 318 g/mol. The standard InChI is InChI=1S/C16H14ClN3OS/c17-11-5-6-12(15(18)21)10(9-11)7-8-19-16-13-3-1-2-4-14(13)22-20-16/h1-6,9H,7-8H2,(H2,18,21)(H,19,20). The highest BCUT2D eigenvalue weighted by atomic mass is 35.5. The van der Waals surface area contributed by atoms with E-state index in [2.05, 4.69) is 9.69 Å². The maximum atomic E-state index is 11.4. The fraction of sp³-hybridized carbons (Fsp3) is 0.125. The van der Waals surface area contributed by atoms with Crippen molar-refractivity contribution in [1.29, 1.82) is 0 Å². The van der Waals surface area contributed by atoms with E-state index in [1.165, 1.54) is 11.5 Å². The number of carbonyl (C=O) groups is 1. The van der Waals surface area contributed by atoms with Gasteiger partial charge < -0.3 is 11.1 Å². The van der Waals surface area contributed by atoms with Crippen LogP contribution in [0.2, 0.25) is 5.02 Å². The van der Waals surface area contributed by atoms with Gasteiger partial charge in [0.05, 0.1) is 4.70 Å². The zero-order valence-corrected chi connectivity index (χ0v) is 13.2. The molecule has 0 radical (unpaired) electrons. The largest absolute Gasteiger partial charge is 0.368 e. The molecule has 0 spiro atoms. The molecule has 1 heterocycles. The summed E-state index contributed by atoms with van der Waals surface area (Å²) >= 11 is 7.46. The van der Waals surface area contributed by atoms with Crippen LogP contribution in [0.5, 0.6) is 0 Å². The fourth-order valence-electron chi connectivity index (χ4n) is 2.34. The Kier molecular flexibility index (Phi) is 4.27. The van der Waals surface area contributed by atoms with Crippen LogP contribution in [0.1, 0.15) is 15.9 Å². The summed E-state index contributed by atoms with van der Waals surface area (Å²) in [5.74, 6) is 0.425. The van der Waals surface area contributed by atoms with Crippen LogP contribution in [0.3, 0.4) is 0 Å². The molecule has 0 aliphatic rings. The molecule has 0 saturated heterocycles. The Hall–Kier alpha value is -2.11. The van der Waals surface area contributed by atoms with E-state index in [4.69, 9.17) is 17.3 Å². The first-order valence-corrected chi connectivity index (χ1v) is 7.97. The summed E-state index contributed by atoms with van der Waals surface area (Å²) in [6.07, 6.45) is 0.644. The van der Waals surface area contributed by atoms with Gasteiger partial charge >= 0.3 is 0 Å². The zero-order valence-electron chi connectivity index (χ0n) is 11.7. The van der Waals surface area contributed by atoms with Crippen molar-refractivity contribution in [1.82, 2.24) is 4.37 Å². The fourth-order valence-corrected chi connectivity index (χ4v) is 3.29. The molecule has 0 aliphatic heterocycles. The van der Waals surface area contributed by atoms with Crippen molar-refractivity contribution in [3.8, 4) is 0 Å². The first kappa shape index (κ1) is 14.8. The molecule has 0 atom stereocenters. The third kappa shape index (κ3) is 3.05. The third-order valence-electron chi connectivity index (χ3n) is 3.40. The van der Waals surface area contributed by atoms with Crippen molar-refractivity contribution in [2.45, 2.75) is 6.42 Å². The van der Waals surface area contributed by atoms with Gasteiger partial charge in [0.2, 0.25) is 5.91 Å². The van der Waals surface area contributed by atoms with E-state index in [9.17, 15) is 4.79 Å². The molecule has 0 aliphatic carbocycles. The molecule has 3 rings (SSSR count). The van der Waals surface area contributed by atoms with Crippen LogP contribution in [-0.2, 0) is 6.42 Å². The van der Waals surface area contributed by atoms with Crippen LogP contribution >= 0.6 is 23.1 Å². The minimum absolute atomic E-state index is 0.439. The highest BCUT2D eigenvalue weighted by molar-refractivity contribution is 7.13. The second kappa shape index (κ2) is 6.34. The average molecular weight is 332 g/mol. The van der Waals surface area contributed by atoms with Gasteiger partial charge in [0.15, 0.2) is 0 Å². The molecule has 6 heteroatoms. The first-order chi connectivity index (χ1) is 10.6. The van der Waals surface area contributed by atoms with Crippen molar-refractivity contribution in [2.75, 3.05) is 11.9 Å². The van der Waals surface area contributed by atoms with Gasteiger partial charge in [-0.25, -0.2) is 0 Å². The molecular formula is C16H14ClN3OS. The molecule has 4 nitrogen and oxygen atoms in total. The Morgan fingerprint density at radius 3 is 2.91 bits per heavy atom. The molecule has 0 saturated carbocycles. The number of rotatable bonds is 5. The van der Waals surface area contributed by atoms with Gasteiger partial charge in [0.25, 0.3) is 0 Å². The maximum Gasteiger partial charge on any atom is 0.248 e. The minimum atomic E-state index is -0.439. The predicted molar refractivity (Wildman–Crippen MR) is 91.8 cm³/mol. The molecule has 22 heavy (non-hydrogen) atoms. The lowest BCUT2D eigenvalue weighted by molar-refractivity contribution is 0.0999. The second-order valence-corrected chi connectivity index (χ2v) is 6.11. The molecule has 0 bridgehead atoms. The number of benzene rings is 2. The third-order valence-corrected chi connectivity index (χ3v) is 4.46. The zero-order chi connectivity index (χ0) is 15.5. The van der Waals surface area contributed by atoms with E-state index >= 15 is 0 Å². The Bertz CT molecular complexity index is 831. The van der Waals surface area contributed by atoms with Crippen LogP contribution in [0.4, 0.5) is 5.82 Å². The van der Waals surface area contributed by atoms with Crippen LogP contribution in [0, 0.1) is 0 Å². The number of hydrogen-bond acceptors (Lipinski definition) is 4. The summed E-state index contributed by atoms with van der Waals surface area (Å²) in [4.78, 5) is 11.4. The number of nitrogens with zero attached hydrogens (tertiary/aromatic N) is 1. The van der Waals surface area contributed by atoms with E-state index in [-0.39, 0.29) is 0 Å². The van der Waals surface area contributed by atoms with Gasteiger partial charge in [-0.05, 0) is 53.8 Å². The Morgan fingerprint density at radius 1 is 1.27 bits per heavy atom. The van der Waals surface area contributed by atoms with Crippen molar-refractivity contribution >= 4 is 44.9 Å². The SMILES string of the molecule is NC(=O)c1ccc(Cl)cc1CCNc1nsc2ccccc12. The Labute approximate surface area is 137 Å². The summed E-state index contributed by atoms with van der Waals surface area (Å²) in [6, 6.07) is 13.2. The number of fused-ring (bicyclic) bond motifs is 1. The van der Waals surface area contributed by atoms with E-state index < -0.39 is 5.91 Å². The Morgan fingerprint density at radius 2 is 2.09 bits per heavy atom. The summed E-state index contributed by atoms with van der Waals surface area (Å²) in [7, 11) is 0. The highest BCUT2D eigenvalue weighted by Gasteiger charge is 2.09. The maximum absolute atomic E-state index is 11.4. The summed E-state index contributed by atoms with van der Waals surface area (Å²) < 4.78 is 5.56. The molecule has 0 unspecified atom stereocenters. The molecule has 2 aromatic carbocycles. The molecule has 1 aromatic heterocycles. The number of carbonyl (C=O) groups excluding carboxylic acids is 1. The van der Waals surface area contributed by atoms with E-state index in [0.29, 0.717) is 23.6 Å². The van der Waals surface area contributed by atoms with Crippen LogP contribution in [0.15, 0.2) is 42.5 Å². The smallest absolute Gasteiger partial charge is 0.248 e. The second-order valence-electron chi connectivity index (χ2n) is 4.87. The quantitative estimate of drug-likeness (QED) is 0.749. The number of halogens is 1. The number of nitrogens with one attached hydrogen (secondary N) is 1. The van der Waals surface area contributed by atoms with E-state index in [0.717, 1.165) is 21.5 Å². The average Bonchev–Trinajstić information content (AvgIpc) is 2.91. The van der Waals surface area contributed by atoms with Crippen LogP contribution < -0.4 is 11.1 Å². The summed E-state index contributed by atoms with van der Waals surface area (Å²) in [6.45, 7) is 0.647. The first-order valence-electron chi connectivity index (χ1n) is 6.81. The monoisotopic (exact) mass is 331 g/mol. The molecule has 112 valence electrons. The minimum Gasteiger partial charge on any atom is -0.368 e. The summed E-state index contributed by atoms with van der Waals surface area (Å²) in [5.41, 5.74) is 6.74. The molecule has 3 N–H and O–H groups in total. The number of amides is 1. The van der Waals surface area contributed by atoms with Gasteiger partial charge in [-0.3, -0.25) is 4.79 Å². The van der Waals surface area contributed by atoms with Gasteiger partial charge in [-0.15, -0.1) is 0 Å². The van der Waals surface area contributed by atoms with Gasteiger partial charge in [-0.1, -0.05) is 23.7 Å². The predicted octanol–water partition coefficient (Wildman–Crippen LogP) is 3.70. The van der Waals surface area contributed by atoms with Crippen LogP contribution in [-0.4, -0.2) is 16.8 Å². The van der Waals surface area contributed by atoms with Crippen molar-refractivity contribution in [2.24, 2.45) is 5.73 Å². The number of aromatic nitrogens is 1. The van der Waals surface area contributed by atoms with Gasteiger partial charge in [0, 0.05) is 22.5 Å². The number of anilines is 1. The lowest BCUT2D eigenvalue weighted by Crippen LogP contribution is -2.15. The lowest BCUT2D eigenvalue weighted by Gasteiger charge is -2.08.